The molecule has 0 aromatic carbocycles. The lowest BCUT2D eigenvalue weighted by atomic mass is 10.0. The highest BCUT2D eigenvalue weighted by atomic mass is 79.9. The minimum atomic E-state index is -0.332. The van der Waals surface area contributed by atoms with Crippen LogP contribution in [-0.4, -0.2) is 16.5 Å². The summed E-state index contributed by atoms with van der Waals surface area (Å²) in [5, 5.41) is 3.24. The third-order valence-electron chi connectivity index (χ3n) is 2.58. The average molecular weight is 310 g/mol. The Morgan fingerprint density at radius 3 is 2.89 bits per heavy atom. The fraction of sp³-hybridized carbons (Fsp3) is 0.231. The molecular weight excluding hydrogens is 297 g/mol. The number of nitrogens with zero attached hydrogens (tertiary/aromatic N) is 2. The number of halogens is 2. The molecule has 2 heterocycles. The molecule has 0 bridgehead atoms. The SMILES string of the molecule is CCNC(c1ccncc1F)c1ncccc1Br. The van der Waals surface area contributed by atoms with E-state index in [1.54, 1.807) is 18.5 Å². The Kier molecular flexibility index (Phi) is 4.38. The Morgan fingerprint density at radius 2 is 2.22 bits per heavy atom. The number of hydrogen-bond donors (Lipinski definition) is 1. The summed E-state index contributed by atoms with van der Waals surface area (Å²) in [6.45, 7) is 2.69. The first kappa shape index (κ1) is 13.1. The van der Waals surface area contributed by atoms with E-state index in [2.05, 4.69) is 31.2 Å². The van der Waals surface area contributed by atoms with Gasteiger partial charge in [0.2, 0.25) is 0 Å². The first-order chi connectivity index (χ1) is 8.74. The van der Waals surface area contributed by atoms with E-state index < -0.39 is 0 Å². The van der Waals surface area contributed by atoms with Gasteiger partial charge in [0.15, 0.2) is 0 Å². The fourth-order valence-electron chi connectivity index (χ4n) is 1.79. The van der Waals surface area contributed by atoms with E-state index in [0.29, 0.717) is 5.56 Å². The van der Waals surface area contributed by atoms with Gasteiger partial charge in [0.05, 0.1) is 17.9 Å². The largest absolute Gasteiger partial charge is 0.305 e. The van der Waals surface area contributed by atoms with Gasteiger partial charge in [0.25, 0.3) is 0 Å². The molecule has 2 rings (SSSR count). The van der Waals surface area contributed by atoms with E-state index in [0.717, 1.165) is 16.7 Å². The van der Waals surface area contributed by atoms with E-state index in [4.69, 9.17) is 0 Å². The summed E-state index contributed by atoms with van der Waals surface area (Å²) < 4.78 is 14.7. The molecule has 1 unspecified atom stereocenters. The molecule has 0 fully saturated rings. The molecule has 0 radical (unpaired) electrons. The quantitative estimate of drug-likeness (QED) is 0.943. The molecule has 0 aliphatic heterocycles. The van der Waals surface area contributed by atoms with Crippen molar-refractivity contribution in [3.8, 4) is 0 Å². The topological polar surface area (TPSA) is 37.8 Å². The molecule has 5 heteroatoms. The van der Waals surface area contributed by atoms with Crippen LogP contribution in [0.3, 0.4) is 0 Å². The van der Waals surface area contributed by atoms with Crippen molar-refractivity contribution in [2.24, 2.45) is 0 Å². The molecule has 18 heavy (non-hydrogen) atoms. The molecule has 0 saturated carbocycles. The maximum absolute atomic E-state index is 13.8. The maximum Gasteiger partial charge on any atom is 0.146 e. The number of hydrogen-bond acceptors (Lipinski definition) is 3. The van der Waals surface area contributed by atoms with Crippen molar-refractivity contribution in [3.63, 3.8) is 0 Å². The highest BCUT2D eigenvalue weighted by molar-refractivity contribution is 9.10. The summed E-state index contributed by atoms with van der Waals surface area (Å²) in [5.74, 6) is -0.332. The van der Waals surface area contributed by atoms with Gasteiger partial charge in [0, 0.05) is 22.4 Å². The van der Waals surface area contributed by atoms with Crippen LogP contribution in [0.25, 0.3) is 0 Å². The van der Waals surface area contributed by atoms with Crippen molar-refractivity contribution in [2.45, 2.75) is 13.0 Å². The Labute approximate surface area is 114 Å². The van der Waals surface area contributed by atoms with Crippen molar-refractivity contribution < 1.29 is 4.39 Å². The first-order valence-electron chi connectivity index (χ1n) is 5.67. The highest BCUT2D eigenvalue weighted by Gasteiger charge is 2.20. The third-order valence-corrected chi connectivity index (χ3v) is 3.25. The Morgan fingerprint density at radius 1 is 1.39 bits per heavy atom. The van der Waals surface area contributed by atoms with Crippen LogP contribution in [-0.2, 0) is 0 Å². The molecule has 3 nitrogen and oxygen atoms in total. The number of rotatable bonds is 4. The molecule has 2 aromatic rings. The van der Waals surface area contributed by atoms with Gasteiger partial charge in [-0.15, -0.1) is 0 Å². The van der Waals surface area contributed by atoms with E-state index in [1.807, 2.05) is 19.1 Å². The van der Waals surface area contributed by atoms with Crippen LogP contribution in [0.2, 0.25) is 0 Å². The molecule has 0 saturated heterocycles. The van der Waals surface area contributed by atoms with Gasteiger partial charge in [-0.05, 0) is 40.7 Å². The van der Waals surface area contributed by atoms with Crippen LogP contribution < -0.4 is 5.32 Å². The van der Waals surface area contributed by atoms with Crippen molar-refractivity contribution >= 4 is 15.9 Å². The third kappa shape index (κ3) is 2.73. The highest BCUT2D eigenvalue weighted by Crippen LogP contribution is 2.27. The van der Waals surface area contributed by atoms with Crippen molar-refractivity contribution in [2.75, 3.05) is 6.54 Å². The molecular formula is C13H13BrFN3. The molecule has 0 aliphatic rings. The second-order valence-corrected chi connectivity index (χ2v) is 4.61. The Balaban J connectivity index is 2.47. The predicted octanol–water partition coefficient (Wildman–Crippen LogP) is 3.08. The Bertz CT molecular complexity index is 488. The van der Waals surface area contributed by atoms with E-state index in [9.17, 15) is 4.39 Å². The first-order valence-corrected chi connectivity index (χ1v) is 6.46. The van der Waals surface area contributed by atoms with Crippen molar-refractivity contribution in [3.05, 3.63) is 58.3 Å². The van der Waals surface area contributed by atoms with Gasteiger partial charge in [-0.2, -0.15) is 0 Å². The van der Waals surface area contributed by atoms with Crippen LogP contribution >= 0.6 is 15.9 Å². The zero-order valence-electron chi connectivity index (χ0n) is 9.90. The molecule has 2 aromatic heterocycles. The lowest BCUT2D eigenvalue weighted by molar-refractivity contribution is 0.547. The van der Waals surface area contributed by atoms with Gasteiger partial charge in [-0.25, -0.2) is 4.39 Å². The lowest BCUT2D eigenvalue weighted by Gasteiger charge is -2.19. The fourth-order valence-corrected chi connectivity index (χ4v) is 2.27. The van der Waals surface area contributed by atoms with Gasteiger partial charge in [-0.1, -0.05) is 6.92 Å². The van der Waals surface area contributed by atoms with Gasteiger partial charge in [-0.3, -0.25) is 9.97 Å². The number of pyridine rings is 2. The normalized spacial score (nSPS) is 12.4. The Hall–Kier alpha value is -1.33. The molecule has 1 atom stereocenters. The molecule has 0 spiro atoms. The minimum Gasteiger partial charge on any atom is -0.305 e. The lowest BCUT2D eigenvalue weighted by Crippen LogP contribution is -2.24. The monoisotopic (exact) mass is 309 g/mol. The standard InChI is InChI=1S/C13H13BrFN3/c1-2-17-12(9-5-7-16-8-11(9)15)13-10(14)4-3-6-18-13/h3-8,12,17H,2H2,1H3. The van der Waals surface area contributed by atoms with Crippen LogP contribution in [0.4, 0.5) is 4.39 Å². The summed E-state index contributed by atoms with van der Waals surface area (Å²) in [5.41, 5.74) is 1.32. The second-order valence-electron chi connectivity index (χ2n) is 3.76. The number of nitrogens with one attached hydrogen (secondary N) is 1. The van der Waals surface area contributed by atoms with Crippen LogP contribution in [0.1, 0.15) is 24.2 Å². The van der Waals surface area contributed by atoms with Gasteiger partial charge < -0.3 is 5.32 Å². The molecule has 0 aliphatic carbocycles. The molecule has 0 amide bonds. The van der Waals surface area contributed by atoms with Crippen molar-refractivity contribution in [1.82, 2.24) is 15.3 Å². The average Bonchev–Trinajstić information content (AvgIpc) is 2.38. The van der Waals surface area contributed by atoms with Crippen LogP contribution in [0, 0.1) is 5.82 Å². The van der Waals surface area contributed by atoms with E-state index in [1.165, 1.54) is 6.20 Å². The summed E-state index contributed by atoms with van der Waals surface area (Å²) in [6, 6.07) is 5.11. The summed E-state index contributed by atoms with van der Waals surface area (Å²) in [7, 11) is 0. The number of aromatic nitrogens is 2. The second kappa shape index (κ2) is 6.02. The van der Waals surface area contributed by atoms with Gasteiger partial charge in [0.1, 0.15) is 5.82 Å². The summed E-state index contributed by atoms with van der Waals surface area (Å²) >= 11 is 3.45. The van der Waals surface area contributed by atoms with Gasteiger partial charge >= 0.3 is 0 Å². The zero-order valence-corrected chi connectivity index (χ0v) is 11.5. The van der Waals surface area contributed by atoms with E-state index in [-0.39, 0.29) is 11.9 Å². The summed E-state index contributed by atoms with van der Waals surface area (Å²) in [6.07, 6.45) is 4.50. The minimum absolute atomic E-state index is 0.284. The smallest absolute Gasteiger partial charge is 0.146 e. The zero-order chi connectivity index (χ0) is 13.0. The van der Waals surface area contributed by atoms with E-state index >= 15 is 0 Å². The maximum atomic E-state index is 13.8. The predicted molar refractivity (Wildman–Crippen MR) is 71.7 cm³/mol. The molecule has 94 valence electrons. The van der Waals surface area contributed by atoms with Crippen LogP contribution in [0.5, 0.6) is 0 Å². The molecule has 1 N–H and O–H groups in total. The van der Waals surface area contributed by atoms with Crippen molar-refractivity contribution in [1.29, 1.82) is 0 Å². The summed E-state index contributed by atoms with van der Waals surface area (Å²) in [4.78, 5) is 8.09. The van der Waals surface area contributed by atoms with Crippen LogP contribution in [0.15, 0.2) is 41.3 Å².